The highest BCUT2D eigenvalue weighted by molar-refractivity contribution is 7.86. The maximum atomic E-state index is 11.2. The largest absolute Gasteiger partial charge is 0.386 e. The van der Waals surface area contributed by atoms with Gasteiger partial charge >= 0.3 is 10.1 Å². The van der Waals surface area contributed by atoms with Gasteiger partial charge in [0.25, 0.3) is 0 Å². The van der Waals surface area contributed by atoms with Crippen LogP contribution in [0.25, 0.3) is 11.3 Å². The van der Waals surface area contributed by atoms with Gasteiger partial charge in [-0.3, -0.25) is 0 Å². The zero-order valence-corrected chi connectivity index (χ0v) is 15.8. The van der Waals surface area contributed by atoms with Crippen LogP contribution in [0.1, 0.15) is 17.2 Å². The zero-order valence-electron chi connectivity index (χ0n) is 15.0. The summed E-state index contributed by atoms with van der Waals surface area (Å²) in [7, 11) is -3.63. The third-order valence-corrected chi connectivity index (χ3v) is 4.50. The summed E-state index contributed by atoms with van der Waals surface area (Å²) in [6.45, 7) is 0.0831. The van der Waals surface area contributed by atoms with E-state index in [-0.39, 0.29) is 23.7 Å². The second-order valence-electron chi connectivity index (χ2n) is 6.14. The molecule has 1 aromatic heterocycles. The van der Waals surface area contributed by atoms with Crippen molar-refractivity contribution in [2.24, 2.45) is 0 Å². The molecule has 0 bridgehead atoms. The minimum absolute atomic E-state index is 0.0831. The molecule has 3 N–H and O–H groups in total. The van der Waals surface area contributed by atoms with E-state index in [1.807, 2.05) is 24.3 Å². The monoisotopic (exact) mass is 398 g/mol. The lowest BCUT2D eigenvalue weighted by Crippen LogP contribution is -2.12. The first-order valence-corrected chi connectivity index (χ1v) is 10.1. The zero-order chi connectivity index (χ0) is 20.3. The minimum Gasteiger partial charge on any atom is -0.386 e. The van der Waals surface area contributed by atoms with Crippen LogP contribution in [0.3, 0.4) is 0 Å². The number of aliphatic hydroxyl groups excluding tert-OH is 1. The summed E-state index contributed by atoms with van der Waals surface area (Å²) in [6.07, 6.45) is 0.114. The van der Waals surface area contributed by atoms with Gasteiger partial charge < -0.3 is 15.0 Å². The van der Waals surface area contributed by atoms with E-state index >= 15 is 0 Å². The van der Waals surface area contributed by atoms with Crippen LogP contribution >= 0.6 is 0 Å². The molecule has 0 aliphatic heterocycles. The van der Waals surface area contributed by atoms with Gasteiger partial charge in [-0.25, -0.2) is 4.68 Å². The molecule has 0 amide bonds. The number of rotatable bonds is 6. The number of nitrogen functional groups attached to an aromatic ring is 1. The van der Waals surface area contributed by atoms with Crippen molar-refractivity contribution in [1.29, 1.82) is 5.26 Å². The van der Waals surface area contributed by atoms with Crippen LogP contribution in [-0.2, 0) is 16.7 Å². The van der Waals surface area contributed by atoms with E-state index in [4.69, 9.17) is 9.92 Å². The maximum Gasteiger partial charge on any atom is 0.306 e. The molecule has 0 radical (unpaired) electrons. The first kappa shape index (κ1) is 19.4. The van der Waals surface area contributed by atoms with Crippen molar-refractivity contribution in [3.8, 4) is 23.1 Å². The summed E-state index contributed by atoms with van der Waals surface area (Å²) in [4.78, 5) is 0. The van der Waals surface area contributed by atoms with Crippen molar-refractivity contribution >= 4 is 15.9 Å². The number of aliphatic hydroxyl groups is 1. The van der Waals surface area contributed by atoms with E-state index in [9.17, 15) is 18.8 Å². The quantitative estimate of drug-likeness (QED) is 0.608. The van der Waals surface area contributed by atoms with Crippen LogP contribution in [0, 0.1) is 11.3 Å². The third kappa shape index (κ3) is 4.31. The Kier molecular flexibility index (Phi) is 5.35. The van der Waals surface area contributed by atoms with Crippen LogP contribution < -0.4 is 9.92 Å². The molecule has 3 rings (SSSR count). The van der Waals surface area contributed by atoms with E-state index in [0.29, 0.717) is 16.8 Å². The number of benzene rings is 2. The van der Waals surface area contributed by atoms with Crippen LogP contribution in [0.5, 0.6) is 5.75 Å². The third-order valence-electron chi connectivity index (χ3n) is 4.01. The molecule has 28 heavy (non-hydrogen) atoms. The molecule has 0 spiro atoms. The molecule has 1 atom stereocenters. The van der Waals surface area contributed by atoms with Gasteiger partial charge in [-0.15, -0.1) is 0 Å². The highest BCUT2D eigenvalue weighted by Gasteiger charge is 2.19. The Morgan fingerprint density at radius 1 is 1.21 bits per heavy atom. The summed E-state index contributed by atoms with van der Waals surface area (Å²) in [5, 5.41) is 24.3. The lowest BCUT2D eigenvalue weighted by Gasteiger charge is -2.12. The number of nitrogens with two attached hydrogens (primary N) is 1. The number of hydrogen-bond acceptors (Lipinski definition) is 7. The molecular formula is C19H18N4O4S. The Morgan fingerprint density at radius 3 is 2.43 bits per heavy atom. The summed E-state index contributed by atoms with van der Waals surface area (Å²) in [6, 6.07) is 17.2. The van der Waals surface area contributed by atoms with Crippen molar-refractivity contribution in [2.75, 3.05) is 12.0 Å². The summed E-state index contributed by atoms with van der Waals surface area (Å²) in [5.74, 6) is 0.292. The number of nitriles is 1. The summed E-state index contributed by atoms with van der Waals surface area (Å²) >= 11 is 0. The van der Waals surface area contributed by atoms with Crippen LogP contribution in [-0.4, -0.2) is 29.6 Å². The van der Waals surface area contributed by atoms with Crippen molar-refractivity contribution in [1.82, 2.24) is 9.78 Å². The molecule has 0 saturated heterocycles. The van der Waals surface area contributed by atoms with E-state index in [1.54, 1.807) is 24.3 Å². The molecule has 0 saturated carbocycles. The number of aromatic nitrogens is 2. The van der Waals surface area contributed by atoms with E-state index in [2.05, 4.69) is 5.10 Å². The van der Waals surface area contributed by atoms with Crippen LogP contribution in [0.15, 0.2) is 54.6 Å². The van der Waals surface area contributed by atoms with Crippen LogP contribution in [0.2, 0.25) is 0 Å². The van der Waals surface area contributed by atoms with Gasteiger partial charge in [0.1, 0.15) is 28.9 Å². The molecule has 3 aromatic rings. The van der Waals surface area contributed by atoms with E-state index in [0.717, 1.165) is 6.26 Å². The standard InChI is InChI=1S/C19H18N4O4S/c1-28(25,26)27-15-9-7-14(8-10-15)18-16(11-20)19(21)23(22-18)12-17(24)13-5-3-2-4-6-13/h2-10,17,24H,12,21H2,1H3. The molecule has 144 valence electrons. The number of anilines is 1. The Morgan fingerprint density at radius 2 is 1.86 bits per heavy atom. The van der Waals surface area contributed by atoms with E-state index < -0.39 is 16.2 Å². The molecule has 0 fully saturated rings. The Bertz CT molecular complexity index is 1120. The fourth-order valence-electron chi connectivity index (χ4n) is 2.71. The molecule has 1 unspecified atom stereocenters. The highest BCUT2D eigenvalue weighted by atomic mass is 32.2. The second kappa shape index (κ2) is 7.72. The first-order chi connectivity index (χ1) is 13.3. The molecule has 9 heteroatoms. The van der Waals surface area contributed by atoms with E-state index in [1.165, 1.54) is 16.8 Å². The number of hydrogen-bond donors (Lipinski definition) is 2. The van der Waals surface area contributed by atoms with Crippen LogP contribution in [0.4, 0.5) is 5.82 Å². The molecule has 1 heterocycles. The van der Waals surface area contributed by atoms with Gasteiger partial charge in [-0.1, -0.05) is 30.3 Å². The molecule has 8 nitrogen and oxygen atoms in total. The van der Waals surface area contributed by atoms with Gasteiger partial charge in [0.05, 0.1) is 18.9 Å². The lowest BCUT2D eigenvalue weighted by molar-refractivity contribution is 0.152. The summed E-state index contributed by atoms with van der Waals surface area (Å²) < 4.78 is 28.6. The van der Waals surface area contributed by atoms with Gasteiger partial charge in [0.15, 0.2) is 0 Å². The highest BCUT2D eigenvalue weighted by Crippen LogP contribution is 2.29. The van der Waals surface area contributed by atoms with Crippen molar-refractivity contribution < 1.29 is 17.7 Å². The molecular weight excluding hydrogens is 380 g/mol. The van der Waals surface area contributed by atoms with Gasteiger partial charge in [0, 0.05) is 5.56 Å². The predicted octanol–water partition coefficient (Wildman–Crippen LogP) is 2.08. The molecule has 0 aliphatic carbocycles. The van der Waals surface area contributed by atoms with Gasteiger partial charge in [-0.2, -0.15) is 18.8 Å². The normalized spacial score (nSPS) is 12.3. The predicted molar refractivity (Wildman–Crippen MR) is 104 cm³/mol. The van der Waals surface area contributed by atoms with Crippen molar-refractivity contribution in [3.63, 3.8) is 0 Å². The number of nitrogens with zero attached hydrogens (tertiary/aromatic N) is 3. The summed E-state index contributed by atoms with van der Waals surface area (Å²) in [5.41, 5.74) is 7.85. The van der Waals surface area contributed by atoms with Crippen molar-refractivity contribution in [2.45, 2.75) is 12.6 Å². The molecule has 0 aliphatic rings. The average Bonchev–Trinajstić information content (AvgIpc) is 2.97. The average molecular weight is 398 g/mol. The maximum absolute atomic E-state index is 11.2. The van der Waals surface area contributed by atoms with Gasteiger partial charge in [0.2, 0.25) is 0 Å². The van der Waals surface area contributed by atoms with Gasteiger partial charge in [-0.05, 0) is 29.8 Å². The topological polar surface area (TPSA) is 131 Å². The SMILES string of the molecule is CS(=O)(=O)Oc1ccc(-c2nn(CC(O)c3ccccc3)c(N)c2C#N)cc1. The van der Waals surface area contributed by atoms with Crippen molar-refractivity contribution in [3.05, 3.63) is 65.7 Å². The fraction of sp³-hybridized carbons (Fsp3) is 0.158. The molecule has 2 aromatic carbocycles. The lowest BCUT2D eigenvalue weighted by atomic mass is 10.1. The second-order valence-corrected chi connectivity index (χ2v) is 7.72. The Labute approximate surface area is 162 Å². The Hall–Kier alpha value is -3.35. The minimum atomic E-state index is -3.63. The first-order valence-electron chi connectivity index (χ1n) is 8.28. The Balaban J connectivity index is 1.90. The smallest absolute Gasteiger partial charge is 0.306 e. The fourth-order valence-corrected chi connectivity index (χ4v) is 3.17.